The average Bonchev–Trinajstić information content (AvgIpc) is 2.25. The van der Waals surface area contributed by atoms with Crippen LogP contribution in [0, 0.1) is 5.92 Å². The van der Waals surface area contributed by atoms with Crippen LogP contribution in [0.25, 0.3) is 0 Å². The number of benzene rings is 1. The van der Waals surface area contributed by atoms with Gasteiger partial charge in [-0.2, -0.15) is 13.2 Å². The molecular formula is C12H16F3N. The number of anilines is 1. The topological polar surface area (TPSA) is 12.0 Å². The molecule has 16 heavy (non-hydrogen) atoms. The Hall–Kier alpha value is -1.19. The van der Waals surface area contributed by atoms with Crippen LogP contribution in [0.4, 0.5) is 18.9 Å². The standard InChI is InChI=1S/C12H16F3N/c1-3-9(2)8-16-11-6-4-10(5-7-11)12(13,14)15/h4-7,9,16H,3,8H2,1-2H3. The molecule has 1 rings (SSSR count). The number of hydrogen-bond acceptors (Lipinski definition) is 1. The molecule has 0 aliphatic carbocycles. The lowest BCUT2D eigenvalue weighted by molar-refractivity contribution is -0.137. The van der Waals surface area contributed by atoms with E-state index in [9.17, 15) is 13.2 Å². The molecule has 0 fully saturated rings. The van der Waals surface area contributed by atoms with Gasteiger partial charge in [-0.25, -0.2) is 0 Å². The van der Waals surface area contributed by atoms with Crippen LogP contribution in [-0.2, 0) is 6.18 Å². The van der Waals surface area contributed by atoms with Gasteiger partial charge in [-0.1, -0.05) is 20.3 Å². The first kappa shape index (κ1) is 12.9. The van der Waals surface area contributed by atoms with E-state index in [2.05, 4.69) is 19.2 Å². The van der Waals surface area contributed by atoms with Crippen LogP contribution in [0.15, 0.2) is 24.3 Å². The van der Waals surface area contributed by atoms with E-state index in [-0.39, 0.29) is 0 Å². The van der Waals surface area contributed by atoms with E-state index < -0.39 is 11.7 Å². The fourth-order valence-electron chi connectivity index (χ4n) is 1.21. The van der Waals surface area contributed by atoms with Crippen LogP contribution >= 0.6 is 0 Å². The molecule has 0 bridgehead atoms. The molecule has 1 atom stereocenters. The Kier molecular flexibility index (Phi) is 4.21. The van der Waals surface area contributed by atoms with E-state index in [1.807, 2.05) is 0 Å². The molecule has 90 valence electrons. The second-order valence-electron chi connectivity index (χ2n) is 3.97. The molecule has 1 N–H and O–H groups in total. The molecule has 0 saturated carbocycles. The number of nitrogens with one attached hydrogen (secondary N) is 1. The quantitative estimate of drug-likeness (QED) is 0.820. The summed E-state index contributed by atoms with van der Waals surface area (Å²) in [6, 6.07) is 5.12. The molecule has 0 aromatic heterocycles. The summed E-state index contributed by atoms with van der Waals surface area (Å²) in [6.07, 6.45) is -3.21. The Labute approximate surface area is 93.7 Å². The van der Waals surface area contributed by atoms with Gasteiger partial charge in [0.25, 0.3) is 0 Å². The van der Waals surface area contributed by atoms with Gasteiger partial charge in [-0.3, -0.25) is 0 Å². The Morgan fingerprint density at radius 2 is 1.75 bits per heavy atom. The summed E-state index contributed by atoms with van der Waals surface area (Å²) in [5, 5.41) is 3.11. The minimum atomic E-state index is -4.25. The zero-order valence-electron chi connectivity index (χ0n) is 9.43. The molecule has 0 amide bonds. The molecule has 0 saturated heterocycles. The molecule has 0 aliphatic heterocycles. The summed E-state index contributed by atoms with van der Waals surface area (Å²) >= 11 is 0. The van der Waals surface area contributed by atoms with Crippen LogP contribution in [0.3, 0.4) is 0 Å². The van der Waals surface area contributed by atoms with Crippen molar-refractivity contribution in [3.63, 3.8) is 0 Å². The summed E-state index contributed by atoms with van der Waals surface area (Å²) in [4.78, 5) is 0. The number of hydrogen-bond donors (Lipinski definition) is 1. The predicted octanol–water partition coefficient (Wildman–Crippen LogP) is 4.16. The van der Waals surface area contributed by atoms with Gasteiger partial charge >= 0.3 is 6.18 Å². The van der Waals surface area contributed by atoms with E-state index in [1.165, 1.54) is 12.1 Å². The molecule has 0 heterocycles. The second-order valence-corrected chi connectivity index (χ2v) is 3.97. The van der Waals surface area contributed by atoms with Gasteiger partial charge in [-0.15, -0.1) is 0 Å². The molecular weight excluding hydrogens is 215 g/mol. The third-order valence-corrected chi connectivity index (χ3v) is 2.56. The fourth-order valence-corrected chi connectivity index (χ4v) is 1.21. The van der Waals surface area contributed by atoms with Crippen molar-refractivity contribution in [2.75, 3.05) is 11.9 Å². The van der Waals surface area contributed by atoms with E-state index in [1.54, 1.807) is 0 Å². The second kappa shape index (κ2) is 5.23. The highest BCUT2D eigenvalue weighted by Crippen LogP contribution is 2.29. The number of halogens is 3. The smallest absolute Gasteiger partial charge is 0.385 e. The van der Waals surface area contributed by atoms with Crippen molar-refractivity contribution in [3.8, 4) is 0 Å². The van der Waals surface area contributed by atoms with E-state index in [4.69, 9.17) is 0 Å². The zero-order valence-corrected chi connectivity index (χ0v) is 9.43. The summed E-state index contributed by atoms with van der Waals surface area (Å²) < 4.78 is 36.8. The maximum atomic E-state index is 12.3. The molecule has 0 radical (unpaired) electrons. The van der Waals surface area contributed by atoms with Crippen molar-refractivity contribution in [1.82, 2.24) is 0 Å². The van der Waals surface area contributed by atoms with Gasteiger partial charge in [0, 0.05) is 12.2 Å². The Morgan fingerprint density at radius 1 is 1.19 bits per heavy atom. The van der Waals surface area contributed by atoms with Crippen LogP contribution < -0.4 is 5.32 Å². The van der Waals surface area contributed by atoms with Crippen molar-refractivity contribution >= 4 is 5.69 Å². The van der Waals surface area contributed by atoms with Gasteiger partial charge in [-0.05, 0) is 30.2 Å². The van der Waals surface area contributed by atoms with Gasteiger partial charge in [0.2, 0.25) is 0 Å². The minimum absolute atomic E-state index is 0.516. The van der Waals surface area contributed by atoms with Crippen LogP contribution in [0.1, 0.15) is 25.8 Å². The first-order chi connectivity index (χ1) is 7.43. The maximum Gasteiger partial charge on any atom is 0.416 e. The number of alkyl halides is 3. The largest absolute Gasteiger partial charge is 0.416 e. The highest BCUT2D eigenvalue weighted by molar-refractivity contribution is 5.45. The van der Waals surface area contributed by atoms with Crippen molar-refractivity contribution in [3.05, 3.63) is 29.8 Å². The summed E-state index contributed by atoms with van der Waals surface area (Å²) in [7, 11) is 0. The van der Waals surface area contributed by atoms with Gasteiger partial charge in [0.15, 0.2) is 0 Å². The molecule has 1 unspecified atom stereocenters. The minimum Gasteiger partial charge on any atom is -0.385 e. The lowest BCUT2D eigenvalue weighted by atomic mass is 10.1. The van der Waals surface area contributed by atoms with E-state index in [0.29, 0.717) is 5.92 Å². The Balaban J connectivity index is 2.58. The third kappa shape index (κ3) is 3.76. The Bertz CT molecular complexity index is 316. The third-order valence-electron chi connectivity index (χ3n) is 2.56. The van der Waals surface area contributed by atoms with Crippen LogP contribution in [-0.4, -0.2) is 6.54 Å². The monoisotopic (exact) mass is 231 g/mol. The molecule has 1 aromatic rings. The average molecular weight is 231 g/mol. The van der Waals surface area contributed by atoms with Crippen LogP contribution in [0.5, 0.6) is 0 Å². The zero-order chi connectivity index (χ0) is 12.2. The predicted molar refractivity (Wildman–Crippen MR) is 59.4 cm³/mol. The maximum absolute atomic E-state index is 12.3. The van der Waals surface area contributed by atoms with Crippen molar-refractivity contribution in [2.24, 2.45) is 5.92 Å². The molecule has 1 nitrogen and oxygen atoms in total. The SMILES string of the molecule is CCC(C)CNc1ccc(C(F)(F)F)cc1. The Morgan fingerprint density at radius 3 is 2.19 bits per heavy atom. The summed E-state index contributed by atoms with van der Waals surface area (Å²) in [6.45, 7) is 4.96. The van der Waals surface area contributed by atoms with Crippen molar-refractivity contribution in [1.29, 1.82) is 0 Å². The highest BCUT2D eigenvalue weighted by atomic mass is 19.4. The van der Waals surface area contributed by atoms with E-state index in [0.717, 1.165) is 30.8 Å². The van der Waals surface area contributed by atoms with Crippen molar-refractivity contribution in [2.45, 2.75) is 26.4 Å². The lowest BCUT2D eigenvalue weighted by Gasteiger charge is -2.12. The normalized spacial score (nSPS) is 13.6. The molecule has 4 heteroatoms. The lowest BCUT2D eigenvalue weighted by Crippen LogP contribution is -2.10. The van der Waals surface area contributed by atoms with Gasteiger partial charge in [0.05, 0.1) is 5.56 Å². The van der Waals surface area contributed by atoms with E-state index >= 15 is 0 Å². The highest BCUT2D eigenvalue weighted by Gasteiger charge is 2.29. The number of rotatable bonds is 4. The molecule has 0 aliphatic rings. The van der Waals surface area contributed by atoms with Gasteiger partial charge < -0.3 is 5.32 Å². The summed E-state index contributed by atoms with van der Waals surface area (Å²) in [5.41, 5.74) is 0.120. The first-order valence-electron chi connectivity index (χ1n) is 5.34. The molecule has 0 spiro atoms. The molecule has 1 aromatic carbocycles. The van der Waals surface area contributed by atoms with Crippen molar-refractivity contribution < 1.29 is 13.2 Å². The van der Waals surface area contributed by atoms with Gasteiger partial charge in [0.1, 0.15) is 0 Å². The van der Waals surface area contributed by atoms with Crippen LogP contribution in [0.2, 0.25) is 0 Å². The fraction of sp³-hybridized carbons (Fsp3) is 0.500. The summed E-state index contributed by atoms with van der Waals surface area (Å²) in [5.74, 6) is 0.516. The first-order valence-corrected chi connectivity index (χ1v) is 5.34.